The number of benzene rings is 1. The standard InChI is InChI=1S/C12H8Cl5NO3S/c13-8-2-1-3-9(10(8)14)18(11(19)12(15,16)17)7-4-5-22(20,21)6-7/h1-5,7H,6H2. The molecule has 1 aromatic carbocycles. The molecular formula is C12H8Cl5NO3S. The smallest absolute Gasteiger partial charge is 0.279 e. The highest BCUT2D eigenvalue weighted by molar-refractivity contribution is 7.94. The number of hydrogen-bond donors (Lipinski definition) is 0. The van der Waals surface area contributed by atoms with Crippen LogP contribution >= 0.6 is 58.0 Å². The van der Waals surface area contributed by atoms with E-state index >= 15 is 0 Å². The predicted octanol–water partition coefficient (Wildman–Crippen LogP) is 4.01. The molecule has 0 bridgehead atoms. The zero-order valence-electron chi connectivity index (χ0n) is 10.6. The van der Waals surface area contributed by atoms with Gasteiger partial charge in [-0.15, -0.1) is 0 Å². The van der Waals surface area contributed by atoms with E-state index in [1.54, 1.807) is 6.07 Å². The topological polar surface area (TPSA) is 54.5 Å². The van der Waals surface area contributed by atoms with Crippen LogP contribution < -0.4 is 4.90 Å². The summed E-state index contributed by atoms with van der Waals surface area (Å²) in [5, 5.41) is 1.25. The quantitative estimate of drug-likeness (QED) is 0.676. The highest BCUT2D eigenvalue weighted by atomic mass is 35.6. The van der Waals surface area contributed by atoms with E-state index in [0.29, 0.717) is 0 Å². The van der Waals surface area contributed by atoms with Crippen molar-refractivity contribution >= 4 is 79.4 Å². The van der Waals surface area contributed by atoms with Crippen LogP contribution in [0.5, 0.6) is 0 Å². The Kier molecular flexibility index (Phi) is 5.27. The minimum absolute atomic E-state index is 0.0597. The van der Waals surface area contributed by atoms with Gasteiger partial charge in [0.2, 0.25) is 0 Å². The van der Waals surface area contributed by atoms with Gasteiger partial charge >= 0.3 is 0 Å². The SMILES string of the molecule is O=C(N(c1cccc(Cl)c1Cl)C1C=CS(=O)(=O)C1)C(Cl)(Cl)Cl. The Bertz CT molecular complexity index is 742. The fourth-order valence-corrected chi connectivity index (χ4v) is 3.90. The maximum Gasteiger partial charge on any atom is 0.279 e. The van der Waals surface area contributed by atoms with Gasteiger partial charge in [0.1, 0.15) is 0 Å². The number of sulfone groups is 1. The minimum atomic E-state index is -3.43. The van der Waals surface area contributed by atoms with Crippen LogP contribution in [0.25, 0.3) is 0 Å². The van der Waals surface area contributed by atoms with Crippen LogP contribution in [0.2, 0.25) is 10.0 Å². The summed E-state index contributed by atoms with van der Waals surface area (Å²) in [6.45, 7) is 0. The normalized spacial score (nSPS) is 20.1. The number of anilines is 1. The molecule has 0 N–H and O–H groups in total. The Morgan fingerprint density at radius 2 is 1.86 bits per heavy atom. The fraction of sp³-hybridized carbons (Fsp3) is 0.250. The highest BCUT2D eigenvalue weighted by Crippen LogP contribution is 2.38. The maximum absolute atomic E-state index is 12.4. The van der Waals surface area contributed by atoms with Gasteiger partial charge in [0.05, 0.1) is 27.5 Å². The van der Waals surface area contributed by atoms with Gasteiger partial charge in [-0.2, -0.15) is 0 Å². The summed E-state index contributed by atoms with van der Waals surface area (Å²) in [6, 6.07) is 3.72. The van der Waals surface area contributed by atoms with Crippen molar-refractivity contribution in [3.05, 3.63) is 39.7 Å². The van der Waals surface area contributed by atoms with Crippen molar-refractivity contribution in [3.63, 3.8) is 0 Å². The molecule has 0 aromatic heterocycles. The average molecular weight is 424 g/mol. The van der Waals surface area contributed by atoms with Gasteiger partial charge in [-0.05, 0) is 18.2 Å². The molecule has 0 saturated heterocycles. The van der Waals surface area contributed by atoms with Crippen molar-refractivity contribution in [1.29, 1.82) is 0 Å². The zero-order valence-corrected chi connectivity index (χ0v) is 15.2. The summed E-state index contributed by atoms with van der Waals surface area (Å²) >= 11 is 29.0. The molecule has 2 rings (SSSR count). The first-order valence-corrected chi connectivity index (χ1v) is 9.39. The van der Waals surface area contributed by atoms with E-state index in [-0.39, 0.29) is 21.5 Å². The van der Waals surface area contributed by atoms with E-state index in [2.05, 4.69) is 0 Å². The molecular weight excluding hydrogens is 415 g/mol. The molecule has 1 heterocycles. The molecule has 0 fully saturated rings. The Labute approximate surface area is 152 Å². The molecule has 1 unspecified atom stereocenters. The van der Waals surface area contributed by atoms with E-state index in [4.69, 9.17) is 58.0 Å². The minimum Gasteiger partial charge on any atom is -0.299 e. The largest absolute Gasteiger partial charge is 0.299 e. The van der Waals surface area contributed by atoms with Crippen LogP contribution in [-0.2, 0) is 14.6 Å². The van der Waals surface area contributed by atoms with Crippen molar-refractivity contribution in [2.24, 2.45) is 0 Å². The van der Waals surface area contributed by atoms with Crippen molar-refractivity contribution in [2.45, 2.75) is 9.83 Å². The van der Waals surface area contributed by atoms with Crippen LogP contribution in [0.1, 0.15) is 0 Å². The zero-order chi connectivity index (χ0) is 16.7. The fourth-order valence-electron chi connectivity index (χ4n) is 1.97. The van der Waals surface area contributed by atoms with Crippen LogP contribution in [0.15, 0.2) is 29.7 Å². The van der Waals surface area contributed by atoms with E-state index in [1.807, 2.05) is 0 Å². The molecule has 22 heavy (non-hydrogen) atoms. The van der Waals surface area contributed by atoms with Crippen molar-refractivity contribution in [1.82, 2.24) is 0 Å². The third-order valence-corrected chi connectivity index (χ3v) is 5.57. The summed E-state index contributed by atoms with van der Waals surface area (Å²) in [7, 11) is -3.43. The molecule has 4 nitrogen and oxygen atoms in total. The summed E-state index contributed by atoms with van der Waals surface area (Å²) in [4.78, 5) is 13.5. The van der Waals surface area contributed by atoms with Gasteiger partial charge in [-0.25, -0.2) is 8.42 Å². The van der Waals surface area contributed by atoms with Gasteiger partial charge in [0, 0.05) is 5.41 Å². The van der Waals surface area contributed by atoms with Crippen LogP contribution in [-0.4, -0.2) is 29.9 Å². The number of hydrogen-bond acceptors (Lipinski definition) is 3. The number of amides is 1. The summed E-state index contributed by atoms with van der Waals surface area (Å²) < 4.78 is 21.0. The van der Waals surface area contributed by atoms with Crippen molar-refractivity contribution in [3.8, 4) is 0 Å². The molecule has 0 radical (unpaired) electrons. The van der Waals surface area contributed by atoms with E-state index in [9.17, 15) is 13.2 Å². The lowest BCUT2D eigenvalue weighted by Crippen LogP contribution is -2.47. The first-order chi connectivity index (χ1) is 10.0. The molecule has 1 aliphatic rings. The molecule has 1 aromatic rings. The highest BCUT2D eigenvalue weighted by Gasteiger charge is 2.41. The molecule has 10 heteroatoms. The first-order valence-electron chi connectivity index (χ1n) is 5.78. The number of alkyl halides is 3. The van der Waals surface area contributed by atoms with E-state index in [1.165, 1.54) is 18.2 Å². The van der Waals surface area contributed by atoms with Crippen LogP contribution in [0.3, 0.4) is 0 Å². The second-order valence-electron chi connectivity index (χ2n) is 4.47. The summed E-state index contributed by atoms with van der Waals surface area (Å²) in [5.41, 5.74) is 0.164. The van der Waals surface area contributed by atoms with Crippen LogP contribution in [0.4, 0.5) is 5.69 Å². The molecule has 0 saturated carbocycles. The second kappa shape index (κ2) is 6.38. The van der Waals surface area contributed by atoms with Gasteiger partial charge in [0.25, 0.3) is 9.70 Å². The van der Waals surface area contributed by atoms with Crippen molar-refractivity contribution in [2.75, 3.05) is 10.7 Å². The molecule has 0 aliphatic carbocycles. The molecule has 0 spiro atoms. The lowest BCUT2D eigenvalue weighted by atomic mass is 10.2. The monoisotopic (exact) mass is 421 g/mol. The predicted molar refractivity (Wildman–Crippen MR) is 91.0 cm³/mol. The average Bonchev–Trinajstić information content (AvgIpc) is 2.74. The van der Waals surface area contributed by atoms with E-state index < -0.39 is 25.6 Å². The third kappa shape index (κ3) is 3.83. The Morgan fingerprint density at radius 1 is 1.23 bits per heavy atom. The molecule has 1 aliphatic heterocycles. The van der Waals surface area contributed by atoms with Crippen LogP contribution in [0, 0.1) is 0 Å². The van der Waals surface area contributed by atoms with Crippen molar-refractivity contribution < 1.29 is 13.2 Å². The number of carbonyl (C=O) groups excluding carboxylic acids is 1. The number of rotatable bonds is 2. The Hall–Kier alpha value is -0.170. The van der Waals surface area contributed by atoms with E-state index in [0.717, 1.165) is 10.3 Å². The number of halogens is 5. The summed E-state index contributed by atoms with van der Waals surface area (Å²) in [5.74, 6) is -1.25. The molecule has 1 atom stereocenters. The van der Waals surface area contributed by atoms with Gasteiger partial charge in [-0.3, -0.25) is 9.69 Å². The lowest BCUT2D eigenvalue weighted by Gasteiger charge is -2.31. The number of carbonyl (C=O) groups is 1. The third-order valence-electron chi connectivity index (χ3n) is 2.89. The van der Waals surface area contributed by atoms with Gasteiger partial charge in [0.15, 0.2) is 9.84 Å². The maximum atomic E-state index is 12.4. The van der Waals surface area contributed by atoms with Gasteiger partial charge in [-0.1, -0.05) is 64.1 Å². The Morgan fingerprint density at radius 3 is 2.36 bits per heavy atom. The Balaban J connectivity index is 2.54. The molecule has 120 valence electrons. The first kappa shape index (κ1) is 18.2. The van der Waals surface area contributed by atoms with Gasteiger partial charge < -0.3 is 0 Å². The summed E-state index contributed by atoms with van der Waals surface area (Å²) in [6.07, 6.45) is 1.33. The molecule has 1 amide bonds. The lowest BCUT2D eigenvalue weighted by molar-refractivity contribution is -0.118. The second-order valence-corrected chi connectivity index (χ2v) is 9.47. The number of nitrogens with zero attached hydrogens (tertiary/aromatic N) is 1.